The molecule has 0 aliphatic heterocycles. The molecule has 0 amide bonds. The van der Waals surface area contributed by atoms with Gasteiger partial charge < -0.3 is 9.79 Å². The Balaban J connectivity index is 1.83. The highest BCUT2D eigenvalue weighted by molar-refractivity contribution is 7.46. The van der Waals surface area contributed by atoms with Crippen LogP contribution in [-0.4, -0.2) is 21.4 Å². The number of nitrogens with zero attached hydrogens (tertiary/aromatic N) is 1. The molecule has 0 fully saturated rings. The van der Waals surface area contributed by atoms with Gasteiger partial charge in [0.2, 0.25) is 0 Å². The highest BCUT2D eigenvalue weighted by atomic mass is 31.2. The summed E-state index contributed by atoms with van der Waals surface area (Å²) in [5, 5.41) is 1.10. The van der Waals surface area contributed by atoms with Gasteiger partial charge in [0.15, 0.2) is 0 Å². The summed E-state index contributed by atoms with van der Waals surface area (Å²) in [6.07, 6.45) is 4.08. The molecule has 0 saturated heterocycles. The predicted molar refractivity (Wildman–Crippen MR) is 72.7 cm³/mol. The molecule has 0 aliphatic rings. The zero-order valence-corrected chi connectivity index (χ0v) is 11.3. The van der Waals surface area contributed by atoms with Crippen LogP contribution in [0.15, 0.2) is 36.5 Å². The minimum atomic E-state index is -4.32. The fourth-order valence-electron chi connectivity index (χ4n) is 1.87. The van der Waals surface area contributed by atoms with Crippen LogP contribution in [0, 0.1) is 0 Å². The second-order valence-electron chi connectivity index (χ2n) is 4.32. The van der Waals surface area contributed by atoms with E-state index in [1.54, 1.807) is 0 Å². The van der Waals surface area contributed by atoms with Crippen LogP contribution in [0.5, 0.6) is 0 Å². The Bertz CT molecular complexity index is 596. The first-order valence-corrected chi connectivity index (χ1v) is 7.61. The summed E-state index contributed by atoms with van der Waals surface area (Å²) in [6, 6.07) is 10.00. The van der Waals surface area contributed by atoms with Crippen molar-refractivity contribution in [2.24, 2.45) is 0 Å². The third-order valence-corrected chi connectivity index (χ3v) is 3.29. The first-order valence-electron chi connectivity index (χ1n) is 6.08. The van der Waals surface area contributed by atoms with Gasteiger partial charge in [-0.25, -0.2) is 4.57 Å². The molecule has 1 heterocycles. The van der Waals surface area contributed by atoms with Gasteiger partial charge in [0.05, 0.1) is 12.1 Å². The van der Waals surface area contributed by atoms with Gasteiger partial charge in [0, 0.05) is 11.6 Å². The SMILES string of the molecule is O=P(O)(O)OCCCCc1cnc2ccccc2c1. The first-order chi connectivity index (χ1) is 9.04. The fourth-order valence-corrected chi connectivity index (χ4v) is 2.23. The van der Waals surface area contributed by atoms with Gasteiger partial charge in [-0.05, 0) is 37.0 Å². The van der Waals surface area contributed by atoms with Gasteiger partial charge in [0.25, 0.3) is 0 Å². The summed E-state index contributed by atoms with van der Waals surface area (Å²) in [4.78, 5) is 21.4. The number of phosphoric ester groups is 1. The maximum Gasteiger partial charge on any atom is 0.469 e. The lowest BCUT2D eigenvalue weighted by atomic mass is 10.1. The van der Waals surface area contributed by atoms with Crippen molar-refractivity contribution in [1.29, 1.82) is 0 Å². The van der Waals surface area contributed by atoms with E-state index in [1.807, 2.05) is 30.5 Å². The van der Waals surface area contributed by atoms with Crippen LogP contribution in [0.25, 0.3) is 10.9 Å². The van der Waals surface area contributed by atoms with Crippen LogP contribution in [0.3, 0.4) is 0 Å². The van der Waals surface area contributed by atoms with E-state index in [-0.39, 0.29) is 6.61 Å². The van der Waals surface area contributed by atoms with Crippen molar-refractivity contribution < 1.29 is 18.9 Å². The molecule has 0 bridgehead atoms. The second kappa shape index (κ2) is 6.26. The average molecular weight is 281 g/mol. The lowest BCUT2D eigenvalue weighted by Gasteiger charge is -2.05. The van der Waals surface area contributed by atoms with Gasteiger partial charge in [-0.2, -0.15) is 0 Å². The van der Waals surface area contributed by atoms with Gasteiger partial charge in [-0.15, -0.1) is 0 Å². The quantitative estimate of drug-likeness (QED) is 0.628. The molecule has 2 rings (SSSR count). The molecular formula is C13H16NO4P. The van der Waals surface area contributed by atoms with Gasteiger partial charge >= 0.3 is 7.82 Å². The molecule has 5 nitrogen and oxygen atoms in total. The average Bonchev–Trinajstić information content (AvgIpc) is 2.37. The monoisotopic (exact) mass is 281 g/mol. The van der Waals surface area contributed by atoms with E-state index in [0.717, 1.165) is 29.3 Å². The van der Waals surface area contributed by atoms with Crippen molar-refractivity contribution in [3.05, 3.63) is 42.1 Å². The van der Waals surface area contributed by atoms with Crippen molar-refractivity contribution in [3.63, 3.8) is 0 Å². The lowest BCUT2D eigenvalue weighted by Crippen LogP contribution is -1.94. The minimum absolute atomic E-state index is 0.0747. The summed E-state index contributed by atoms with van der Waals surface area (Å²) >= 11 is 0. The number of unbranched alkanes of at least 4 members (excludes halogenated alkanes) is 1. The van der Waals surface area contributed by atoms with E-state index in [1.165, 1.54) is 0 Å². The van der Waals surface area contributed by atoms with E-state index >= 15 is 0 Å². The first kappa shape index (κ1) is 14.2. The number of para-hydroxylation sites is 1. The van der Waals surface area contributed by atoms with Gasteiger partial charge in [-0.1, -0.05) is 18.2 Å². The molecule has 0 radical (unpaired) electrons. The van der Waals surface area contributed by atoms with Crippen molar-refractivity contribution in [2.45, 2.75) is 19.3 Å². The molecule has 2 N–H and O–H groups in total. The number of hydrogen-bond acceptors (Lipinski definition) is 3. The summed E-state index contributed by atoms with van der Waals surface area (Å²) in [6.45, 7) is 0.0747. The third kappa shape index (κ3) is 4.73. The van der Waals surface area contributed by atoms with E-state index < -0.39 is 7.82 Å². The number of aromatic nitrogens is 1. The van der Waals surface area contributed by atoms with E-state index in [0.29, 0.717) is 6.42 Å². The molecule has 0 unspecified atom stereocenters. The lowest BCUT2D eigenvalue weighted by molar-refractivity contribution is 0.194. The molecule has 0 aliphatic carbocycles. The summed E-state index contributed by atoms with van der Waals surface area (Å²) in [5.74, 6) is 0. The Labute approximate surface area is 111 Å². The Morgan fingerprint density at radius 3 is 2.79 bits per heavy atom. The molecule has 1 aromatic carbocycles. The van der Waals surface area contributed by atoms with Crippen LogP contribution in [0.1, 0.15) is 18.4 Å². The zero-order valence-electron chi connectivity index (χ0n) is 10.4. The standard InChI is InChI=1S/C13H16NO4P/c15-19(16,17)18-8-4-3-5-11-9-12-6-1-2-7-13(12)14-10-11/h1-2,6-7,9-10H,3-5,8H2,(H2,15,16,17). The Kier molecular flexibility index (Phi) is 4.66. The molecule has 19 heavy (non-hydrogen) atoms. The summed E-state index contributed by atoms with van der Waals surface area (Å²) < 4.78 is 14.9. The Morgan fingerprint density at radius 2 is 2.00 bits per heavy atom. The third-order valence-electron chi connectivity index (χ3n) is 2.77. The highest BCUT2D eigenvalue weighted by Crippen LogP contribution is 2.35. The van der Waals surface area contributed by atoms with Crippen molar-refractivity contribution in [2.75, 3.05) is 6.61 Å². The maximum absolute atomic E-state index is 10.5. The highest BCUT2D eigenvalue weighted by Gasteiger charge is 2.12. The van der Waals surface area contributed by atoms with Crippen molar-refractivity contribution in [1.82, 2.24) is 4.98 Å². The largest absolute Gasteiger partial charge is 0.469 e. The molecule has 1 aromatic heterocycles. The predicted octanol–water partition coefficient (Wildman–Crippen LogP) is 2.67. The topological polar surface area (TPSA) is 79.7 Å². The van der Waals surface area contributed by atoms with E-state index in [2.05, 4.69) is 15.6 Å². The summed E-state index contributed by atoms with van der Waals surface area (Å²) in [5.41, 5.74) is 2.09. The number of rotatable bonds is 6. The van der Waals surface area contributed by atoms with E-state index in [4.69, 9.17) is 9.79 Å². The number of aryl methyl sites for hydroxylation is 1. The van der Waals surface area contributed by atoms with Gasteiger partial charge in [-0.3, -0.25) is 9.51 Å². The maximum atomic E-state index is 10.5. The Hall–Kier alpha value is -1.26. The van der Waals surface area contributed by atoms with Crippen LogP contribution >= 0.6 is 7.82 Å². The van der Waals surface area contributed by atoms with Crippen molar-refractivity contribution >= 4 is 18.7 Å². The number of phosphoric acid groups is 1. The molecule has 0 atom stereocenters. The molecular weight excluding hydrogens is 265 g/mol. The molecule has 0 spiro atoms. The van der Waals surface area contributed by atoms with Crippen molar-refractivity contribution in [3.8, 4) is 0 Å². The fraction of sp³-hybridized carbons (Fsp3) is 0.308. The molecule has 102 valence electrons. The minimum Gasteiger partial charge on any atom is -0.303 e. The van der Waals surface area contributed by atoms with Crippen LogP contribution in [0.2, 0.25) is 0 Å². The van der Waals surface area contributed by atoms with Crippen LogP contribution in [-0.2, 0) is 15.5 Å². The smallest absolute Gasteiger partial charge is 0.303 e. The Morgan fingerprint density at radius 1 is 1.21 bits per heavy atom. The molecule has 2 aromatic rings. The van der Waals surface area contributed by atoms with Gasteiger partial charge in [0.1, 0.15) is 0 Å². The number of fused-ring (bicyclic) bond motifs is 1. The van der Waals surface area contributed by atoms with Crippen LogP contribution < -0.4 is 0 Å². The summed E-state index contributed by atoms with van der Waals surface area (Å²) in [7, 11) is -4.32. The zero-order chi connectivity index (χ0) is 13.7. The number of benzene rings is 1. The molecule has 6 heteroatoms. The van der Waals surface area contributed by atoms with Crippen LogP contribution in [0.4, 0.5) is 0 Å². The number of pyridine rings is 1. The second-order valence-corrected chi connectivity index (χ2v) is 5.56. The normalized spacial score (nSPS) is 11.9. The van der Waals surface area contributed by atoms with E-state index in [9.17, 15) is 4.57 Å². The number of hydrogen-bond donors (Lipinski definition) is 2. The molecule has 0 saturated carbocycles.